The first-order valence-corrected chi connectivity index (χ1v) is 9.47. The van der Waals surface area contributed by atoms with Crippen LogP contribution in [0.1, 0.15) is 51.4 Å². The van der Waals surface area contributed by atoms with Crippen molar-refractivity contribution in [3.63, 3.8) is 0 Å². The van der Waals surface area contributed by atoms with Crippen LogP contribution in [0.4, 0.5) is 10.1 Å². The summed E-state index contributed by atoms with van der Waals surface area (Å²) in [4.78, 5) is 14.8. The number of hydrogen-bond donors (Lipinski definition) is 1. The molecule has 3 rings (SSSR count). The fourth-order valence-electron chi connectivity index (χ4n) is 4.29. The molecule has 1 N–H and O–H groups in total. The second-order valence-electron chi connectivity index (χ2n) is 7.55. The van der Waals surface area contributed by atoms with E-state index in [0.717, 1.165) is 24.9 Å². The van der Waals surface area contributed by atoms with Gasteiger partial charge >= 0.3 is 0 Å². The van der Waals surface area contributed by atoms with E-state index in [4.69, 9.17) is 0 Å². The molecule has 24 heavy (non-hydrogen) atoms. The van der Waals surface area contributed by atoms with Crippen LogP contribution in [0, 0.1) is 17.7 Å². The van der Waals surface area contributed by atoms with Gasteiger partial charge in [0.05, 0.1) is 6.54 Å². The van der Waals surface area contributed by atoms with Gasteiger partial charge in [-0.05, 0) is 55.7 Å². The molecule has 132 valence electrons. The second-order valence-corrected chi connectivity index (χ2v) is 7.55. The number of carbonyl (C=O) groups excluding carboxylic acids is 1. The third-order valence-electron chi connectivity index (χ3n) is 5.46. The number of amides is 1. The minimum atomic E-state index is -0.318. The van der Waals surface area contributed by atoms with Crippen molar-refractivity contribution < 1.29 is 9.18 Å². The molecule has 0 aliphatic heterocycles. The van der Waals surface area contributed by atoms with Crippen molar-refractivity contribution in [2.45, 2.75) is 51.4 Å². The monoisotopic (exact) mass is 332 g/mol. The summed E-state index contributed by atoms with van der Waals surface area (Å²) in [7, 11) is 0. The number of halogens is 1. The first-order chi connectivity index (χ1) is 11.7. The maximum Gasteiger partial charge on any atom is 0.238 e. The number of rotatable bonds is 7. The predicted molar refractivity (Wildman–Crippen MR) is 95.4 cm³/mol. The zero-order valence-corrected chi connectivity index (χ0v) is 14.5. The van der Waals surface area contributed by atoms with Crippen molar-refractivity contribution >= 4 is 11.6 Å². The van der Waals surface area contributed by atoms with Crippen LogP contribution in [0.5, 0.6) is 0 Å². The van der Waals surface area contributed by atoms with Crippen molar-refractivity contribution in [2.24, 2.45) is 11.8 Å². The lowest BCUT2D eigenvalue weighted by Crippen LogP contribution is -2.39. The first-order valence-electron chi connectivity index (χ1n) is 9.47. The van der Waals surface area contributed by atoms with Gasteiger partial charge in [-0.25, -0.2) is 4.39 Å². The maximum atomic E-state index is 13.3. The van der Waals surface area contributed by atoms with Gasteiger partial charge in [-0.1, -0.05) is 31.7 Å². The van der Waals surface area contributed by atoms with Crippen LogP contribution in [-0.4, -0.2) is 30.4 Å². The summed E-state index contributed by atoms with van der Waals surface area (Å²) in [6.07, 6.45) is 10.5. The predicted octanol–water partition coefficient (Wildman–Crippen LogP) is 4.45. The van der Waals surface area contributed by atoms with Crippen molar-refractivity contribution in [1.29, 1.82) is 0 Å². The summed E-state index contributed by atoms with van der Waals surface area (Å²) < 4.78 is 13.3. The van der Waals surface area contributed by atoms with Crippen molar-refractivity contribution in [1.82, 2.24) is 4.90 Å². The Bertz CT molecular complexity index is 518. The zero-order chi connectivity index (χ0) is 16.8. The van der Waals surface area contributed by atoms with Gasteiger partial charge in [0, 0.05) is 18.8 Å². The Labute approximate surface area is 144 Å². The van der Waals surface area contributed by atoms with Crippen LogP contribution in [0.25, 0.3) is 0 Å². The largest absolute Gasteiger partial charge is 0.325 e. The zero-order valence-electron chi connectivity index (χ0n) is 14.5. The Balaban J connectivity index is 1.55. The number of hydrogen-bond acceptors (Lipinski definition) is 2. The van der Waals surface area contributed by atoms with E-state index < -0.39 is 0 Å². The van der Waals surface area contributed by atoms with Gasteiger partial charge < -0.3 is 5.32 Å². The van der Waals surface area contributed by atoms with Crippen LogP contribution < -0.4 is 5.32 Å². The summed E-state index contributed by atoms with van der Waals surface area (Å²) in [5.74, 6) is 1.14. The van der Waals surface area contributed by atoms with Crippen LogP contribution in [0.15, 0.2) is 24.3 Å². The molecule has 0 unspecified atom stereocenters. The highest BCUT2D eigenvalue weighted by Crippen LogP contribution is 2.28. The lowest BCUT2D eigenvalue weighted by atomic mass is 10.0. The number of benzene rings is 1. The van der Waals surface area contributed by atoms with E-state index in [0.29, 0.717) is 12.2 Å². The Morgan fingerprint density at radius 2 is 1.62 bits per heavy atom. The molecule has 0 spiro atoms. The SMILES string of the molecule is O=C(CN(CC1CCCC1)CC1CCCC1)Nc1cccc(F)c1. The molecule has 2 aliphatic rings. The molecular weight excluding hydrogens is 303 g/mol. The molecule has 0 radical (unpaired) electrons. The highest BCUT2D eigenvalue weighted by molar-refractivity contribution is 5.92. The minimum Gasteiger partial charge on any atom is -0.325 e. The van der Waals surface area contributed by atoms with Gasteiger partial charge in [-0.3, -0.25) is 9.69 Å². The first kappa shape index (κ1) is 17.4. The molecule has 2 aliphatic carbocycles. The summed E-state index contributed by atoms with van der Waals surface area (Å²) in [6, 6.07) is 6.12. The maximum absolute atomic E-state index is 13.3. The molecule has 0 heterocycles. The molecule has 0 saturated heterocycles. The van der Waals surface area contributed by atoms with Gasteiger partial charge in [-0.15, -0.1) is 0 Å². The van der Waals surface area contributed by atoms with Crippen LogP contribution in [0.3, 0.4) is 0 Å². The number of carbonyl (C=O) groups is 1. The summed E-state index contributed by atoms with van der Waals surface area (Å²) in [5, 5.41) is 2.84. The standard InChI is InChI=1S/C20H29FN2O/c21-18-10-5-11-19(12-18)22-20(24)15-23(13-16-6-1-2-7-16)14-17-8-3-4-9-17/h5,10-12,16-17H,1-4,6-9,13-15H2,(H,22,24). The molecule has 3 nitrogen and oxygen atoms in total. The highest BCUT2D eigenvalue weighted by Gasteiger charge is 2.24. The molecule has 1 amide bonds. The average Bonchev–Trinajstić information content (AvgIpc) is 3.21. The fourth-order valence-corrected chi connectivity index (χ4v) is 4.29. The smallest absolute Gasteiger partial charge is 0.238 e. The molecular formula is C20H29FN2O. The van der Waals surface area contributed by atoms with Gasteiger partial charge in [0.25, 0.3) is 0 Å². The summed E-state index contributed by atoms with van der Waals surface area (Å²) in [6.45, 7) is 2.49. The van der Waals surface area contributed by atoms with Crippen LogP contribution in [-0.2, 0) is 4.79 Å². The molecule has 0 bridgehead atoms. The van der Waals surface area contributed by atoms with Crippen molar-refractivity contribution in [3.05, 3.63) is 30.1 Å². The van der Waals surface area contributed by atoms with Crippen LogP contribution in [0.2, 0.25) is 0 Å². The lowest BCUT2D eigenvalue weighted by molar-refractivity contribution is -0.117. The fraction of sp³-hybridized carbons (Fsp3) is 0.650. The molecule has 4 heteroatoms. The molecule has 1 aromatic rings. The third-order valence-corrected chi connectivity index (χ3v) is 5.46. The number of nitrogens with zero attached hydrogens (tertiary/aromatic N) is 1. The van der Waals surface area contributed by atoms with E-state index in [1.54, 1.807) is 12.1 Å². The number of anilines is 1. The molecule has 0 atom stereocenters. The quantitative estimate of drug-likeness (QED) is 0.800. The van der Waals surface area contributed by atoms with Gasteiger partial charge in [0.2, 0.25) is 5.91 Å². The van der Waals surface area contributed by atoms with E-state index in [9.17, 15) is 9.18 Å². The second kappa shape index (κ2) is 8.61. The van der Waals surface area contributed by atoms with E-state index in [-0.39, 0.29) is 11.7 Å². The summed E-state index contributed by atoms with van der Waals surface area (Å²) in [5.41, 5.74) is 0.543. The van der Waals surface area contributed by atoms with Crippen molar-refractivity contribution in [3.8, 4) is 0 Å². The van der Waals surface area contributed by atoms with Gasteiger partial charge in [-0.2, -0.15) is 0 Å². The number of nitrogens with one attached hydrogen (secondary N) is 1. The molecule has 2 fully saturated rings. The Morgan fingerprint density at radius 1 is 1.04 bits per heavy atom. The Morgan fingerprint density at radius 3 is 2.17 bits per heavy atom. The van der Waals surface area contributed by atoms with E-state index in [1.807, 2.05) is 0 Å². The van der Waals surface area contributed by atoms with Gasteiger partial charge in [0.15, 0.2) is 0 Å². The molecule has 0 aromatic heterocycles. The van der Waals surface area contributed by atoms with Crippen LogP contribution >= 0.6 is 0 Å². The molecule has 1 aromatic carbocycles. The topological polar surface area (TPSA) is 32.3 Å². The van der Waals surface area contributed by atoms with E-state index in [2.05, 4.69) is 10.2 Å². The highest BCUT2D eigenvalue weighted by atomic mass is 19.1. The Hall–Kier alpha value is -1.42. The Kier molecular flexibility index (Phi) is 6.24. The summed E-state index contributed by atoms with van der Waals surface area (Å²) >= 11 is 0. The van der Waals surface area contributed by atoms with Gasteiger partial charge in [0.1, 0.15) is 5.82 Å². The van der Waals surface area contributed by atoms with Crippen molar-refractivity contribution in [2.75, 3.05) is 25.0 Å². The molecule has 2 saturated carbocycles. The third kappa shape index (κ3) is 5.30. The average molecular weight is 332 g/mol. The van der Waals surface area contributed by atoms with E-state index >= 15 is 0 Å². The minimum absolute atomic E-state index is 0.0309. The lowest BCUT2D eigenvalue weighted by Gasteiger charge is -2.27. The normalized spacial score (nSPS) is 19.2. The van der Waals surface area contributed by atoms with E-state index in [1.165, 1.54) is 63.5 Å².